The monoisotopic (exact) mass is 214 g/mol. The molecule has 0 fully saturated rings. The molecular weight excluding hydrogens is 206 g/mol. The normalized spacial score (nSPS) is 8.42. The van der Waals surface area contributed by atoms with Gasteiger partial charge in [-0.2, -0.15) is 0 Å². The molecule has 0 atom stereocenters. The summed E-state index contributed by atoms with van der Waals surface area (Å²) in [6, 6.07) is 6.66. The van der Waals surface area contributed by atoms with Gasteiger partial charge in [-0.1, -0.05) is 0 Å². The van der Waals surface area contributed by atoms with Crippen molar-refractivity contribution >= 4 is 11.7 Å². The van der Waals surface area contributed by atoms with Crippen LogP contribution in [-0.4, -0.2) is 5.97 Å². The number of nitrogen functional groups attached to an aromatic ring is 1. The molecule has 1 radical (unpaired) electrons. The second-order valence-corrected chi connectivity index (χ2v) is 2.16. The van der Waals surface area contributed by atoms with Crippen LogP contribution < -0.4 is 10.5 Å². The Balaban J connectivity index is 0.00000121. The summed E-state index contributed by atoms with van der Waals surface area (Å²) >= 11 is 0. The fourth-order valence-corrected chi connectivity index (χ4v) is 0.702. The Morgan fingerprint density at radius 2 is 1.83 bits per heavy atom. The SMILES string of the molecule is CC(=O)Oc1ccc(N)cc1.[Cu]. The fraction of sp³-hybridized carbons (Fsp3) is 0.125. The van der Waals surface area contributed by atoms with Gasteiger partial charge in [-0.05, 0) is 24.3 Å². The zero-order valence-corrected chi connectivity index (χ0v) is 7.45. The number of esters is 1. The van der Waals surface area contributed by atoms with Crippen LogP contribution in [0.4, 0.5) is 5.69 Å². The summed E-state index contributed by atoms with van der Waals surface area (Å²) in [7, 11) is 0. The molecule has 1 rings (SSSR count). The molecule has 0 aliphatic rings. The number of carbonyl (C=O) groups is 1. The van der Waals surface area contributed by atoms with Crippen LogP contribution in [0.5, 0.6) is 5.75 Å². The Kier molecular flexibility index (Phi) is 4.40. The second-order valence-electron chi connectivity index (χ2n) is 2.16. The third kappa shape index (κ3) is 3.41. The topological polar surface area (TPSA) is 52.3 Å². The summed E-state index contributed by atoms with van der Waals surface area (Å²) in [5.41, 5.74) is 6.07. The van der Waals surface area contributed by atoms with Crippen LogP contribution in [-0.2, 0) is 21.9 Å². The largest absolute Gasteiger partial charge is 0.427 e. The zero-order valence-electron chi connectivity index (χ0n) is 6.50. The molecule has 4 heteroatoms. The summed E-state index contributed by atoms with van der Waals surface area (Å²) in [6.45, 7) is 1.36. The van der Waals surface area contributed by atoms with E-state index in [1.807, 2.05) is 0 Å². The van der Waals surface area contributed by atoms with Gasteiger partial charge in [-0.3, -0.25) is 4.79 Å². The van der Waals surface area contributed by atoms with Crippen LogP contribution >= 0.6 is 0 Å². The molecule has 0 amide bonds. The van der Waals surface area contributed by atoms with E-state index in [0.717, 1.165) is 0 Å². The first-order valence-electron chi connectivity index (χ1n) is 3.22. The number of ether oxygens (including phenoxy) is 1. The van der Waals surface area contributed by atoms with Gasteiger partial charge < -0.3 is 10.5 Å². The van der Waals surface area contributed by atoms with E-state index in [2.05, 4.69) is 0 Å². The zero-order chi connectivity index (χ0) is 8.27. The Hall–Kier alpha value is -0.991. The van der Waals surface area contributed by atoms with E-state index in [1.54, 1.807) is 24.3 Å². The summed E-state index contributed by atoms with van der Waals surface area (Å²) in [4.78, 5) is 10.4. The van der Waals surface area contributed by atoms with Gasteiger partial charge in [0.15, 0.2) is 0 Å². The molecule has 12 heavy (non-hydrogen) atoms. The van der Waals surface area contributed by atoms with Crippen molar-refractivity contribution in [2.75, 3.05) is 5.73 Å². The van der Waals surface area contributed by atoms with Gasteiger partial charge >= 0.3 is 5.97 Å². The molecule has 1 aromatic rings. The number of rotatable bonds is 1. The Morgan fingerprint density at radius 1 is 1.33 bits per heavy atom. The van der Waals surface area contributed by atoms with Crippen LogP contribution in [0.3, 0.4) is 0 Å². The summed E-state index contributed by atoms with van der Waals surface area (Å²) in [6.07, 6.45) is 0. The van der Waals surface area contributed by atoms with Crippen molar-refractivity contribution in [3.63, 3.8) is 0 Å². The van der Waals surface area contributed by atoms with Gasteiger partial charge in [0.2, 0.25) is 0 Å². The van der Waals surface area contributed by atoms with Crippen molar-refractivity contribution in [3.05, 3.63) is 24.3 Å². The van der Waals surface area contributed by atoms with E-state index in [1.165, 1.54) is 6.92 Å². The molecule has 0 saturated heterocycles. The van der Waals surface area contributed by atoms with Crippen LogP contribution in [0.2, 0.25) is 0 Å². The predicted molar refractivity (Wildman–Crippen MR) is 42.2 cm³/mol. The van der Waals surface area contributed by atoms with E-state index in [-0.39, 0.29) is 23.0 Å². The molecule has 0 heterocycles. The van der Waals surface area contributed by atoms with Gasteiger partial charge in [-0.15, -0.1) is 0 Å². The molecule has 0 saturated carbocycles. The fourth-order valence-electron chi connectivity index (χ4n) is 0.702. The summed E-state index contributed by atoms with van der Waals surface area (Å²) in [5.74, 6) is 0.196. The van der Waals surface area contributed by atoms with Crippen molar-refractivity contribution < 1.29 is 26.6 Å². The molecule has 1 aromatic carbocycles. The Labute approximate surface area is 81.4 Å². The van der Waals surface area contributed by atoms with E-state index < -0.39 is 0 Å². The first-order valence-corrected chi connectivity index (χ1v) is 3.22. The van der Waals surface area contributed by atoms with Crippen molar-refractivity contribution in [3.8, 4) is 5.75 Å². The number of anilines is 1. The van der Waals surface area contributed by atoms with Crippen molar-refractivity contribution in [2.24, 2.45) is 0 Å². The van der Waals surface area contributed by atoms with Gasteiger partial charge in [0.25, 0.3) is 0 Å². The molecule has 0 unspecified atom stereocenters. The van der Waals surface area contributed by atoms with Crippen LogP contribution in [0, 0.1) is 0 Å². The number of nitrogens with two attached hydrogens (primary N) is 1. The van der Waals surface area contributed by atoms with Gasteiger partial charge in [0, 0.05) is 29.7 Å². The van der Waals surface area contributed by atoms with Crippen LogP contribution in [0.25, 0.3) is 0 Å². The van der Waals surface area contributed by atoms with E-state index in [9.17, 15) is 4.79 Å². The first kappa shape index (κ1) is 11.0. The summed E-state index contributed by atoms with van der Waals surface area (Å²) in [5, 5.41) is 0. The van der Waals surface area contributed by atoms with Gasteiger partial charge in [0.05, 0.1) is 0 Å². The van der Waals surface area contributed by atoms with Crippen molar-refractivity contribution in [1.82, 2.24) is 0 Å². The molecule has 0 aromatic heterocycles. The van der Waals surface area contributed by atoms with Gasteiger partial charge in [0.1, 0.15) is 5.75 Å². The number of hydrogen-bond acceptors (Lipinski definition) is 3. The maximum absolute atomic E-state index is 10.4. The maximum Gasteiger partial charge on any atom is 0.308 e. The molecular formula is C8H9CuNO2. The number of carbonyl (C=O) groups excluding carboxylic acids is 1. The van der Waals surface area contributed by atoms with E-state index in [0.29, 0.717) is 11.4 Å². The van der Waals surface area contributed by atoms with Crippen molar-refractivity contribution in [2.45, 2.75) is 6.92 Å². The molecule has 0 spiro atoms. The second kappa shape index (κ2) is 4.80. The van der Waals surface area contributed by atoms with E-state index in [4.69, 9.17) is 10.5 Å². The maximum atomic E-state index is 10.4. The molecule has 0 aliphatic heterocycles. The molecule has 0 aliphatic carbocycles. The number of benzene rings is 1. The minimum atomic E-state index is -0.324. The third-order valence-corrected chi connectivity index (χ3v) is 1.14. The smallest absolute Gasteiger partial charge is 0.308 e. The predicted octanol–water partition coefficient (Wildman–Crippen LogP) is 1.19. The quantitative estimate of drug-likeness (QED) is 0.331. The Morgan fingerprint density at radius 3 is 2.25 bits per heavy atom. The average molecular weight is 215 g/mol. The van der Waals surface area contributed by atoms with Gasteiger partial charge in [-0.25, -0.2) is 0 Å². The molecule has 0 bridgehead atoms. The number of hydrogen-bond donors (Lipinski definition) is 1. The average Bonchev–Trinajstić information content (AvgIpc) is 1.93. The minimum Gasteiger partial charge on any atom is -0.427 e. The third-order valence-electron chi connectivity index (χ3n) is 1.14. The van der Waals surface area contributed by atoms with Crippen LogP contribution in [0.1, 0.15) is 6.92 Å². The minimum absolute atomic E-state index is 0. The van der Waals surface area contributed by atoms with Crippen molar-refractivity contribution in [1.29, 1.82) is 0 Å². The first-order chi connectivity index (χ1) is 5.18. The molecule has 69 valence electrons. The van der Waals surface area contributed by atoms with Crippen LogP contribution in [0.15, 0.2) is 24.3 Å². The van der Waals surface area contributed by atoms with E-state index >= 15 is 0 Å². The molecule has 3 nitrogen and oxygen atoms in total. The standard InChI is InChI=1S/C8H9NO2.Cu/c1-6(10)11-8-4-2-7(9)3-5-8;/h2-5H,9H2,1H3;. The summed E-state index contributed by atoms with van der Waals surface area (Å²) < 4.78 is 4.77. The molecule has 2 N–H and O–H groups in total. The Bertz CT molecular complexity index is 258.